The van der Waals surface area contributed by atoms with Gasteiger partial charge in [-0.25, -0.2) is 0 Å². The van der Waals surface area contributed by atoms with E-state index in [-0.39, 0.29) is 23.7 Å². The molecule has 1 heterocycles. The number of hydrogen-bond acceptors (Lipinski definition) is 7. The lowest BCUT2D eigenvalue weighted by molar-refractivity contribution is -0.172. The van der Waals surface area contributed by atoms with Crippen molar-refractivity contribution in [1.82, 2.24) is 0 Å². The second kappa shape index (κ2) is 9.26. The summed E-state index contributed by atoms with van der Waals surface area (Å²) in [6.07, 6.45) is -1.67. The van der Waals surface area contributed by atoms with E-state index < -0.39 is 42.2 Å². The van der Waals surface area contributed by atoms with Crippen molar-refractivity contribution in [2.45, 2.75) is 71.4 Å². The van der Waals surface area contributed by atoms with Gasteiger partial charge in [-0.05, 0) is 32.6 Å². The fourth-order valence-corrected chi connectivity index (χ4v) is 3.56. The van der Waals surface area contributed by atoms with Crippen molar-refractivity contribution in [2.75, 3.05) is 13.7 Å². The molecule has 0 aromatic heterocycles. The number of aliphatic hydroxyl groups excluding tert-OH is 2. The van der Waals surface area contributed by atoms with E-state index >= 15 is 0 Å². The molecule has 3 N–H and O–H groups in total. The van der Waals surface area contributed by atoms with Gasteiger partial charge in [0.1, 0.15) is 18.0 Å². The third-order valence-electron chi connectivity index (χ3n) is 5.60. The van der Waals surface area contributed by atoms with Crippen molar-refractivity contribution in [2.24, 2.45) is 23.7 Å². The molecular formula is C19H34O7. The van der Waals surface area contributed by atoms with E-state index in [4.69, 9.17) is 9.47 Å². The SMILES string of the molecule is COC1C[C@@H](C)C(=O)C(C)C(O)[C@](C)(O)COC(=O)C(C)[C@@H](O)[C@H](C)C1. The standard InChI is InChI=1S/C19H34O7/c1-10-7-14(25-6)8-11(2)16(21)13(4)18(23)26-9-19(5,24)17(22)12(3)15(10)20/h10-14,16-17,21-22,24H,7-9H2,1-6H3/t10-,11-,12?,13?,14?,16+,17?,19-/m1/s1. The molecule has 26 heavy (non-hydrogen) atoms. The molecular weight excluding hydrogens is 340 g/mol. The summed E-state index contributed by atoms with van der Waals surface area (Å²) in [5.74, 6) is -3.07. The van der Waals surface area contributed by atoms with Gasteiger partial charge in [0, 0.05) is 18.9 Å². The van der Waals surface area contributed by atoms with Gasteiger partial charge in [0.05, 0.1) is 24.2 Å². The molecule has 1 rings (SSSR count). The zero-order valence-electron chi connectivity index (χ0n) is 16.6. The fourth-order valence-electron chi connectivity index (χ4n) is 3.56. The van der Waals surface area contributed by atoms with Crippen LogP contribution in [-0.4, -0.2) is 64.7 Å². The molecule has 4 unspecified atom stereocenters. The molecule has 0 aliphatic carbocycles. The van der Waals surface area contributed by atoms with Crippen LogP contribution >= 0.6 is 0 Å². The summed E-state index contributed by atoms with van der Waals surface area (Å²) in [4.78, 5) is 24.9. The monoisotopic (exact) mass is 374 g/mol. The Kier molecular flexibility index (Phi) is 8.20. The molecule has 0 amide bonds. The lowest BCUT2D eigenvalue weighted by atomic mass is 9.80. The zero-order valence-corrected chi connectivity index (χ0v) is 16.6. The number of ketones is 1. The van der Waals surface area contributed by atoms with Gasteiger partial charge in [0.25, 0.3) is 0 Å². The minimum absolute atomic E-state index is 0.190. The number of hydrogen-bond donors (Lipinski definition) is 3. The van der Waals surface area contributed by atoms with Gasteiger partial charge < -0.3 is 24.8 Å². The molecule has 7 nitrogen and oxygen atoms in total. The van der Waals surface area contributed by atoms with E-state index in [1.807, 2.05) is 6.92 Å². The second-order valence-corrected chi connectivity index (χ2v) is 8.09. The van der Waals surface area contributed by atoms with E-state index in [9.17, 15) is 24.9 Å². The van der Waals surface area contributed by atoms with Crippen LogP contribution < -0.4 is 0 Å². The Balaban J connectivity index is 3.13. The average molecular weight is 374 g/mol. The molecule has 8 atom stereocenters. The second-order valence-electron chi connectivity index (χ2n) is 8.09. The minimum Gasteiger partial charge on any atom is -0.462 e. The smallest absolute Gasteiger partial charge is 0.311 e. The van der Waals surface area contributed by atoms with Crippen LogP contribution in [0.3, 0.4) is 0 Å². The number of methoxy groups -OCH3 is 1. The zero-order chi connectivity index (χ0) is 20.2. The Morgan fingerprint density at radius 1 is 1.08 bits per heavy atom. The molecule has 1 saturated heterocycles. The Bertz CT molecular complexity index is 490. The van der Waals surface area contributed by atoms with Gasteiger partial charge in [-0.2, -0.15) is 0 Å². The number of esters is 1. The molecule has 1 fully saturated rings. The summed E-state index contributed by atoms with van der Waals surface area (Å²) in [5.41, 5.74) is -1.77. The highest BCUT2D eigenvalue weighted by Gasteiger charge is 2.41. The number of aliphatic hydroxyl groups is 3. The maximum absolute atomic E-state index is 12.7. The molecule has 0 spiro atoms. The summed E-state index contributed by atoms with van der Waals surface area (Å²) in [6.45, 7) is 7.58. The lowest BCUT2D eigenvalue weighted by Gasteiger charge is -2.35. The first kappa shape index (κ1) is 23.0. The number of cyclic esters (lactones) is 1. The number of carbonyl (C=O) groups is 2. The van der Waals surface area contributed by atoms with E-state index in [0.717, 1.165) is 0 Å². The predicted molar refractivity (Wildman–Crippen MR) is 95.3 cm³/mol. The summed E-state index contributed by atoms with van der Waals surface area (Å²) in [6, 6.07) is 0. The van der Waals surface area contributed by atoms with Crippen LogP contribution in [-0.2, 0) is 19.1 Å². The Morgan fingerprint density at radius 3 is 2.19 bits per heavy atom. The summed E-state index contributed by atoms with van der Waals surface area (Å²) >= 11 is 0. The van der Waals surface area contributed by atoms with Crippen molar-refractivity contribution in [3.8, 4) is 0 Å². The van der Waals surface area contributed by atoms with Crippen LogP contribution in [0.4, 0.5) is 0 Å². The average Bonchev–Trinajstić information content (AvgIpc) is 2.61. The number of carbonyl (C=O) groups excluding carboxylic acids is 2. The number of Topliss-reactive ketones (excluding diaryl/α,β-unsaturated/α-hetero) is 1. The molecule has 7 heteroatoms. The topological polar surface area (TPSA) is 113 Å². The van der Waals surface area contributed by atoms with E-state index in [0.29, 0.717) is 12.8 Å². The van der Waals surface area contributed by atoms with Crippen LogP contribution in [0, 0.1) is 23.7 Å². The van der Waals surface area contributed by atoms with Crippen LogP contribution in [0.5, 0.6) is 0 Å². The van der Waals surface area contributed by atoms with Gasteiger partial charge in [-0.15, -0.1) is 0 Å². The van der Waals surface area contributed by atoms with Gasteiger partial charge in [-0.1, -0.05) is 20.8 Å². The number of rotatable bonds is 1. The lowest BCUT2D eigenvalue weighted by Crippen LogP contribution is -2.51. The van der Waals surface area contributed by atoms with Crippen LogP contribution in [0.2, 0.25) is 0 Å². The van der Waals surface area contributed by atoms with Gasteiger partial charge in [-0.3, -0.25) is 9.59 Å². The highest BCUT2D eigenvalue weighted by Crippen LogP contribution is 2.28. The molecule has 1 aliphatic heterocycles. The van der Waals surface area contributed by atoms with Gasteiger partial charge >= 0.3 is 5.97 Å². The van der Waals surface area contributed by atoms with Gasteiger partial charge in [0.2, 0.25) is 0 Å². The first-order valence-electron chi connectivity index (χ1n) is 9.24. The molecule has 0 radical (unpaired) electrons. The van der Waals surface area contributed by atoms with Crippen molar-refractivity contribution >= 4 is 11.8 Å². The molecule has 0 saturated carbocycles. The van der Waals surface area contributed by atoms with E-state index in [2.05, 4.69) is 0 Å². The minimum atomic E-state index is -1.77. The molecule has 0 aromatic rings. The highest BCUT2D eigenvalue weighted by atomic mass is 16.5. The molecule has 0 bridgehead atoms. The largest absolute Gasteiger partial charge is 0.462 e. The van der Waals surface area contributed by atoms with E-state index in [1.165, 1.54) is 6.92 Å². The van der Waals surface area contributed by atoms with Crippen molar-refractivity contribution in [3.05, 3.63) is 0 Å². The summed E-state index contributed by atoms with van der Waals surface area (Å²) in [7, 11) is 1.55. The van der Waals surface area contributed by atoms with Crippen molar-refractivity contribution < 1.29 is 34.4 Å². The summed E-state index contributed by atoms with van der Waals surface area (Å²) in [5, 5.41) is 31.4. The highest BCUT2D eigenvalue weighted by molar-refractivity contribution is 5.83. The first-order valence-corrected chi connectivity index (χ1v) is 9.24. The molecule has 1 aliphatic rings. The fraction of sp³-hybridized carbons (Fsp3) is 0.895. The molecule has 152 valence electrons. The quantitative estimate of drug-likeness (QED) is 0.585. The van der Waals surface area contributed by atoms with Crippen LogP contribution in [0.1, 0.15) is 47.5 Å². The Hall–Kier alpha value is -1.02. The third kappa shape index (κ3) is 5.49. The Morgan fingerprint density at radius 2 is 1.65 bits per heavy atom. The Labute approximate surface area is 155 Å². The first-order chi connectivity index (χ1) is 11.9. The third-order valence-corrected chi connectivity index (χ3v) is 5.60. The summed E-state index contributed by atoms with van der Waals surface area (Å²) < 4.78 is 10.6. The van der Waals surface area contributed by atoms with Crippen molar-refractivity contribution in [3.63, 3.8) is 0 Å². The van der Waals surface area contributed by atoms with Gasteiger partial charge in [0.15, 0.2) is 0 Å². The van der Waals surface area contributed by atoms with Crippen LogP contribution in [0.25, 0.3) is 0 Å². The normalized spacial score (nSPS) is 44.3. The van der Waals surface area contributed by atoms with Crippen molar-refractivity contribution in [1.29, 1.82) is 0 Å². The van der Waals surface area contributed by atoms with E-state index in [1.54, 1.807) is 27.9 Å². The predicted octanol–water partition coefficient (Wildman–Crippen LogP) is 0.925. The maximum atomic E-state index is 12.7. The number of ether oxygens (including phenoxy) is 2. The maximum Gasteiger partial charge on any atom is 0.311 e. The van der Waals surface area contributed by atoms with Crippen LogP contribution in [0.15, 0.2) is 0 Å². The molecule has 0 aromatic carbocycles.